The maximum absolute atomic E-state index is 11.5. The molecule has 9 nitrogen and oxygen atoms in total. The van der Waals surface area contributed by atoms with Gasteiger partial charge in [-0.05, 0) is 6.42 Å². The van der Waals surface area contributed by atoms with Gasteiger partial charge in [0.2, 0.25) is 17.7 Å². The molecule has 0 bridgehead atoms. The van der Waals surface area contributed by atoms with Crippen molar-refractivity contribution in [3.63, 3.8) is 0 Å². The van der Waals surface area contributed by atoms with Gasteiger partial charge in [0.1, 0.15) is 12.1 Å². The second-order valence-corrected chi connectivity index (χ2v) is 4.99. The standard InChI is InChI=1S/C9H17N3O4S2.C3H7NO/c10-5(9(15)16)1-2-7(13)12-6(3-17)8(14)11-4-18;1-2-3(4)5/h5-6,17-18H,1-4,10H2,(H,11,14)(H,12,13)(H,15,16);2H2,1H3,(H2,4,5). The van der Waals surface area contributed by atoms with Crippen molar-refractivity contribution < 1.29 is 24.3 Å². The maximum atomic E-state index is 11.5. The van der Waals surface area contributed by atoms with E-state index in [9.17, 15) is 19.2 Å². The van der Waals surface area contributed by atoms with E-state index in [1.807, 2.05) is 0 Å². The number of rotatable bonds is 9. The van der Waals surface area contributed by atoms with E-state index in [1.165, 1.54) is 0 Å². The zero-order valence-corrected chi connectivity index (χ0v) is 14.6. The van der Waals surface area contributed by atoms with Gasteiger partial charge < -0.3 is 27.2 Å². The van der Waals surface area contributed by atoms with Gasteiger partial charge >= 0.3 is 5.97 Å². The highest BCUT2D eigenvalue weighted by Crippen LogP contribution is 1.97. The molecular weight excluding hydrogens is 344 g/mol. The lowest BCUT2D eigenvalue weighted by molar-refractivity contribution is -0.139. The molecule has 2 unspecified atom stereocenters. The van der Waals surface area contributed by atoms with Crippen molar-refractivity contribution in [1.29, 1.82) is 0 Å². The Balaban J connectivity index is 0. The summed E-state index contributed by atoms with van der Waals surface area (Å²) in [6, 6.07) is -1.86. The molecule has 7 N–H and O–H groups in total. The van der Waals surface area contributed by atoms with Crippen LogP contribution < -0.4 is 22.1 Å². The van der Waals surface area contributed by atoms with Gasteiger partial charge in [-0.25, -0.2) is 0 Å². The summed E-state index contributed by atoms with van der Waals surface area (Å²) in [5.41, 5.74) is 9.90. The summed E-state index contributed by atoms with van der Waals surface area (Å²) in [5, 5.41) is 13.4. The van der Waals surface area contributed by atoms with Gasteiger partial charge in [0.15, 0.2) is 0 Å². The Kier molecular flexibility index (Phi) is 14.6. The predicted molar refractivity (Wildman–Crippen MR) is 92.1 cm³/mol. The number of carboxylic acid groups (broad SMARTS) is 1. The summed E-state index contributed by atoms with van der Waals surface area (Å²) in [7, 11) is 0. The number of nitrogens with two attached hydrogens (primary N) is 2. The first kappa shape index (κ1) is 23.8. The minimum atomic E-state index is -1.17. The first-order chi connectivity index (χ1) is 10.7. The monoisotopic (exact) mass is 368 g/mol. The third-order valence-corrected chi connectivity index (χ3v) is 2.96. The first-order valence-corrected chi connectivity index (χ1v) is 8.01. The number of carbonyl (C=O) groups excluding carboxylic acids is 3. The molecule has 0 radical (unpaired) electrons. The summed E-state index contributed by atoms with van der Waals surface area (Å²) < 4.78 is 0. The van der Waals surface area contributed by atoms with Gasteiger partial charge in [-0.2, -0.15) is 25.3 Å². The minimum absolute atomic E-state index is 0.00858. The lowest BCUT2D eigenvalue weighted by Crippen LogP contribution is -2.48. The SMILES string of the molecule is CCC(N)=O.NC(CCC(=O)NC(CS)C(=O)NCS)C(=O)O. The molecule has 0 rings (SSSR count). The van der Waals surface area contributed by atoms with Crippen LogP contribution in [0, 0.1) is 0 Å². The smallest absolute Gasteiger partial charge is 0.320 e. The van der Waals surface area contributed by atoms with Crippen LogP contribution in [0.2, 0.25) is 0 Å². The van der Waals surface area contributed by atoms with Gasteiger partial charge in [-0.15, -0.1) is 0 Å². The van der Waals surface area contributed by atoms with Crippen LogP contribution in [-0.4, -0.2) is 52.5 Å². The van der Waals surface area contributed by atoms with E-state index in [-0.39, 0.29) is 30.4 Å². The summed E-state index contributed by atoms with van der Waals surface area (Å²) in [5.74, 6) is -1.96. The second kappa shape index (κ2) is 14.2. The fourth-order valence-corrected chi connectivity index (χ4v) is 1.48. The summed E-state index contributed by atoms with van der Waals surface area (Å²) in [6.45, 7) is 1.72. The molecule has 0 aliphatic rings. The molecule has 0 aliphatic heterocycles. The lowest BCUT2D eigenvalue weighted by Gasteiger charge is -2.16. The Morgan fingerprint density at radius 1 is 1.22 bits per heavy atom. The summed E-state index contributed by atoms with van der Waals surface area (Å²) >= 11 is 7.77. The normalized spacial score (nSPS) is 12.2. The van der Waals surface area contributed by atoms with E-state index in [2.05, 4.69) is 41.6 Å². The number of hydrogen-bond acceptors (Lipinski definition) is 7. The van der Waals surface area contributed by atoms with E-state index in [4.69, 9.17) is 10.8 Å². The molecule has 0 spiro atoms. The number of primary amides is 1. The van der Waals surface area contributed by atoms with Crippen molar-refractivity contribution in [1.82, 2.24) is 10.6 Å². The number of carboxylic acids is 1. The Bertz CT molecular complexity index is 409. The third-order valence-electron chi connectivity index (χ3n) is 2.44. The molecule has 0 aromatic rings. The van der Waals surface area contributed by atoms with Crippen LogP contribution in [0.25, 0.3) is 0 Å². The Morgan fingerprint density at radius 3 is 2.09 bits per heavy atom. The van der Waals surface area contributed by atoms with Crippen LogP contribution >= 0.6 is 25.3 Å². The van der Waals surface area contributed by atoms with E-state index in [1.54, 1.807) is 6.92 Å². The van der Waals surface area contributed by atoms with Crippen molar-refractivity contribution in [2.45, 2.75) is 38.3 Å². The number of aliphatic carboxylic acids is 1. The van der Waals surface area contributed by atoms with E-state index < -0.39 is 29.9 Å². The number of hydrogen-bond donors (Lipinski definition) is 7. The molecule has 0 fully saturated rings. The van der Waals surface area contributed by atoms with Crippen LogP contribution in [-0.2, 0) is 19.2 Å². The van der Waals surface area contributed by atoms with Crippen LogP contribution in [0.4, 0.5) is 0 Å². The van der Waals surface area contributed by atoms with Gasteiger partial charge in [0.25, 0.3) is 0 Å². The van der Waals surface area contributed by atoms with Gasteiger partial charge in [-0.1, -0.05) is 6.92 Å². The van der Waals surface area contributed by atoms with Crippen molar-refractivity contribution in [3.05, 3.63) is 0 Å². The molecule has 0 aliphatic carbocycles. The maximum Gasteiger partial charge on any atom is 0.320 e. The molecule has 3 amide bonds. The van der Waals surface area contributed by atoms with E-state index in [0.29, 0.717) is 6.42 Å². The Labute approximate surface area is 145 Å². The highest BCUT2D eigenvalue weighted by atomic mass is 32.1. The molecule has 134 valence electrons. The molecule has 11 heteroatoms. The van der Waals surface area contributed by atoms with Crippen LogP contribution in [0.15, 0.2) is 0 Å². The average Bonchev–Trinajstić information content (AvgIpc) is 2.50. The van der Waals surface area contributed by atoms with Crippen molar-refractivity contribution in [3.8, 4) is 0 Å². The molecule has 23 heavy (non-hydrogen) atoms. The highest BCUT2D eigenvalue weighted by Gasteiger charge is 2.19. The quantitative estimate of drug-likeness (QED) is 0.193. The van der Waals surface area contributed by atoms with Gasteiger partial charge in [-0.3, -0.25) is 19.2 Å². The Hall–Kier alpha value is -1.46. The zero-order chi connectivity index (χ0) is 18.4. The number of amides is 3. The topological polar surface area (TPSA) is 165 Å². The first-order valence-electron chi connectivity index (χ1n) is 6.74. The largest absolute Gasteiger partial charge is 0.480 e. The average molecular weight is 368 g/mol. The molecule has 2 atom stereocenters. The fraction of sp³-hybridized carbons (Fsp3) is 0.667. The van der Waals surface area contributed by atoms with Crippen molar-refractivity contribution >= 4 is 48.9 Å². The number of thiol groups is 2. The molecule has 0 saturated carbocycles. The zero-order valence-electron chi connectivity index (χ0n) is 12.8. The van der Waals surface area contributed by atoms with E-state index >= 15 is 0 Å². The second-order valence-electron chi connectivity index (χ2n) is 4.31. The predicted octanol–water partition coefficient (Wildman–Crippen LogP) is -1.52. The molecule has 0 saturated heterocycles. The summed E-state index contributed by atoms with van der Waals surface area (Å²) in [4.78, 5) is 42.9. The summed E-state index contributed by atoms with van der Waals surface area (Å²) in [6.07, 6.45) is 0.389. The molecule has 0 heterocycles. The van der Waals surface area contributed by atoms with Crippen molar-refractivity contribution in [2.24, 2.45) is 11.5 Å². The molecule has 0 aromatic carbocycles. The highest BCUT2D eigenvalue weighted by molar-refractivity contribution is 7.80. The number of carbonyl (C=O) groups is 4. The molecular formula is C12H24N4O5S2. The van der Waals surface area contributed by atoms with Crippen LogP contribution in [0.1, 0.15) is 26.2 Å². The number of nitrogens with one attached hydrogen (secondary N) is 2. The molecule has 0 aromatic heterocycles. The van der Waals surface area contributed by atoms with Crippen molar-refractivity contribution in [2.75, 3.05) is 11.6 Å². The van der Waals surface area contributed by atoms with E-state index in [0.717, 1.165) is 0 Å². The lowest BCUT2D eigenvalue weighted by atomic mass is 10.1. The Morgan fingerprint density at radius 2 is 1.74 bits per heavy atom. The fourth-order valence-electron chi connectivity index (χ4n) is 1.07. The minimum Gasteiger partial charge on any atom is -0.480 e. The van der Waals surface area contributed by atoms with Gasteiger partial charge in [0.05, 0.1) is 5.88 Å². The van der Waals surface area contributed by atoms with Crippen LogP contribution in [0.5, 0.6) is 0 Å². The van der Waals surface area contributed by atoms with Gasteiger partial charge in [0, 0.05) is 18.6 Å². The van der Waals surface area contributed by atoms with Crippen LogP contribution in [0.3, 0.4) is 0 Å². The third kappa shape index (κ3) is 13.9.